The molecule has 0 radical (unpaired) electrons. The highest BCUT2D eigenvalue weighted by Crippen LogP contribution is 2.16. The molecule has 0 aliphatic rings. The third kappa shape index (κ3) is 3.87. The van der Waals surface area contributed by atoms with Gasteiger partial charge in [0.1, 0.15) is 5.82 Å². The minimum absolute atomic E-state index is 0.197. The lowest BCUT2D eigenvalue weighted by molar-refractivity contribution is 0.387. The van der Waals surface area contributed by atoms with Gasteiger partial charge >= 0.3 is 0 Å². The number of nitrogens with one attached hydrogen (secondary N) is 1. The standard InChI is InChI=1S/C13H19BrFN/c1-4-13(9(2)3)16-8-10-5-6-11(14)12(15)7-10/h5-7,9,13,16H,4,8H2,1-3H3. The van der Waals surface area contributed by atoms with Crippen molar-refractivity contribution in [2.45, 2.75) is 39.8 Å². The summed E-state index contributed by atoms with van der Waals surface area (Å²) in [6.45, 7) is 7.29. The molecular weight excluding hydrogens is 269 g/mol. The molecule has 0 amide bonds. The average Bonchev–Trinajstić information content (AvgIpc) is 2.23. The third-order valence-corrected chi connectivity index (χ3v) is 3.44. The Labute approximate surface area is 106 Å². The van der Waals surface area contributed by atoms with E-state index in [1.54, 1.807) is 12.1 Å². The van der Waals surface area contributed by atoms with Gasteiger partial charge in [0.2, 0.25) is 0 Å². The van der Waals surface area contributed by atoms with Gasteiger partial charge in [0.25, 0.3) is 0 Å². The van der Waals surface area contributed by atoms with Gasteiger partial charge in [0, 0.05) is 12.6 Å². The fourth-order valence-corrected chi connectivity index (χ4v) is 2.00. The summed E-state index contributed by atoms with van der Waals surface area (Å²) in [6.07, 6.45) is 1.09. The van der Waals surface area contributed by atoms with Crippen LogP contribution < -0.4 is 5.32 Å². The second kappa shape index (κ2) is 6.36. The first-order valence-corrected chi connectivity index (χ1v) is 6.51. The lowest BCUT2D eigenvalue weighted by atomic mass is 10.0. The quantitative estimate of drug-likeness (QED) is 0.859. The van der Waals surface area contributed by atoms with E-state index in [4.69, 9.17) is 0 Å². The molecule has 1 rings (SSSR count). The molecule has 0 saturated heterocycles. The maximum atomic E-state index is 13.3. The van der Waals surface area contributed by atoms with Crippen LogP contribution in [0.3, 0.4) is 0 Å². The van der Waals surface area contributed by atoms with E-state index < -0.39 is 0 Å². The van der Waals surface area contributed by atoms with E-state index in [-0.39, 0.29) is 5.82 Å². The maximum absolute atomic E-state index is 13.3. The molecule has 16 heavy (non-hydrogen) atoms. The number of halogens is 2. The molecule has 1 atom stereocenters. The smallest absolute Gasteiger partial charge is 0.137 e. The molecule has 90 valence electrons. The summed E-state index contributed by atoms with van der Waals surface area (Å²) in [6, 6.07) is 5.76. The number of hydrogen-bond acceptors (Lipinski definition) is 1. The Morgan fingerprint density at radius 1 is 1.38 bits per heavy atom. The molecule has 1 unspecified atom stereocenters. The molecule has 0 bridgehead atoms. The van der Waals surface area contributed by atoms with Crippen LogP contribution in [-0.2, 0) is 6.54 Å². The van der Waals surface area contributed by atoms with Crippen LogP contribution in [0, 0.1) is 11.7 Å². The van der Waals surface area contributed by atoms with Gasteiger partial charge in [-0.05, 0) is 46.0 Å². The predicted octanol–water partition coefficient (Wildman–Crippen LogP) is 4.11. The van der Waals surface area contributed by atoms with Crippen LogP contribution in [0.1, 0.15) is 32.8 Å². The average molecular weight is 288 g/mol. The Morgan fingerprint density at radius 2 is 2.06 bits per heavy atom. The SMILES string of the molecule is CCC(NCc1ccc(Br)c(F)c1)C(C)C. The largest absolute Gasteiger partial charge is 0.310 e. The fraction of sp³-hybridized carbons (Fsp3) is 0.538. The van der Waals surface area contributed by atoms with Crippen molar-refractivity contribution in [1.82, 2.24) is 5.32 Å². The van der Waals surface area contributed by atoms with Crippen LogP contribution in [-0.4, -0.2) is 6.04 Å². The normalized spacial score (nSPS) is 13.1. The molecule has 0 saturated carbocycles. The van der Waals surface area contributed by atoms with E-state index in [2.05, 4.69) is 42.0 Å². The molecule has 0 aromatic heterocycles. The van der Waals surface area contributed by atoms with Gasteiger partial charge < -0.3 is 5.32 Å². The molecule has 0 spiro atoms. The zero-order valence-electron chi connectivity index (χ0n) is 10.1. The van der Waals surface area contributed by atoms with Crippen molar-refractivity contribution in [2.24, 2.45) is 5.92 Å². The molecule has 0 aliphatic carbocycles. The van der Waals surface area contributed by atoms with Crippen molar-refractivity contribution in [3.63, 3.8) is 0 Å². The first-order valence-electron chi connectivity index (χ1n) is 5.72. The van der Waals surface area contributed by atoms with Crippen molar-refractivity contribution in [1.29, 1.82) is 0 Å². The molecule has 3 heteroatoms. The van der Waals surface area contributed by atoms with Crippen molar-refractivity contribution in [3.05, 3.63) is 34.1 Å². The summed E-state index contributed by atoms with van der Waals surface area (Å²) < 4.78 is 13.8. The van der Waals surface area contributed by atoms with Gasteiger partial charge in [0.15, 0.2) is 0 Å². The maximum Gasteiger partial charge on any atom is 0.137 e. The van der Waals surface area contributed by atoms with Crippen LogP contribution in [0.25, 0.3) is 0 Å². The zero-order chi connectivity index (χ0) is 12.1. The Morgan fingerprint density at radius 3 is 2.56 bits per heavy atom. The number of rotatable bonds is 5. The minimum Gasteiger partial charge on any atom is -0.310 e. The molecule has 0 fully saturated rings. The Bertz CT molecular complexity index is 339. The van der Waals surface area contributed by atoms with Crippen molar-refractivity contribution in [3.8, 4) is 0 Å². The summed E-state index contributed by atoms with van der Waals surface area (Å²) in [5.41, 5.74) is 0.986. The van der Waals surface area contributed by atoms with Crippen LogP contribution in [0.2, 0.25) is 0 Å². The highest BCUT2D eigenvalue weighted by Gasteiger charge is 2.10. The van der Waals surface area contributed by atoms with Crippen LogP contribution in [0.5, 0.6) is 0 Å². The molecule has 1 nitrogen and oxygen atoms in total. The van der Waals surface area contributed by atoms with Gasteiger partial charge in [-0.15, -0.1) is 0 Å². The van der Waals surface area contributed by atoms with E-state index in [0.717, 1.165) is 18.5 Å². The van der Waals surface area contributed by atoms with E-state index in [0.29, 0.717) is 16.4 Å². The Balaban J connectivity index is 2.57. The van der Waals surface area contributed by atoms with Crippen LogP contribution >= 0.6 is 15.9 Å². The Hall–Kier alpha value is -0.410. The monoisotopic (exact) mass is 287 g/mol. The molecule has 0 heterocycles. The summed E-state index contributed by atoms with van der Waals surface area (Å²) in [5.74, 6) is 0.405. The summed E-state index contributed by atoms with van der Waals surface area (Å²) in [5, 5.41) is 3.45. The Kier molecular flexibility index (Phi) is 5.42. The molecule has 1 N–H and O–H groups in total. The van der Waals surface area contributed by atoms with Gasteiger partial charge in [-0.1, -0.05) is 26.8 Å². The van der Waals surface area contributed by atoms with Gasteiger partial charge in [-0.3, -0.25) is 0 Å². The van der Waals surface area contributed by atoms with Gasteiger partial charge in [-0.25, -0.2) is 4.39 Å². The third-order valence-electron chi connectivity index (χ3n) is 2.80. The topological polar surface area (TPSA) is 12.0 Å². The first kappa shape index (κ1) is 13.7. The van der Waals surface area contributed by atoms with E-state index in [1.165, 1.54) is 0 Å². The summed E-state index contributed by atoms with van der Waals surface area (Å²) in [4.78, 5) is 0. The number of benzene rings is 1. The zero-order valence-corrected chi connectivity index (χ0v) is 11.6. The highest BCUT2D eigenvalue weighted by molar-refractivity contribution is 9.10. The van der Waals surface area contributed by atoms with E-state index >= 15 is 0 Å². The predicted molar refractivity (Wildman–Crippen MR) is 69.9 cm³/mol. The molecular formula is C13H19BrFN. The second-order valence-electron chi connectivity index (χ2n) is 4.39. The fourth-order valence-electron chi connectivity index (χ4n) is 1.75. The highest BCUT2D eigenvalue weighted by atomic mass is 79.9. The number of hydrogen-bond donors (Lipinski definition) is 1. The van der Waals surface area contributed by atoms with E-state index in [1.807, 2.05) is 6.07 Å². The van der Waals surface area contributed by atoms with Gasteiger partial charge in [0.05, 0.1) is 4.47 Å². The second-order valence-corrected chi connectivity index (χ2v) is 5.24. The van der Waals surface area contributed by atoms with Crippen LogP contribution in [0.4, 0.5) is 4.39 Å². The van der Waals surface area contributed by atoms with Crippen molar-refractivity contribution < 1.29 is 4.39 Å². The lowest BCUT2D eigenvalue weighted by Crippen LogP contribution is -2.32. The lowest BCUT2D eigenvalue weighted by Gasteiger charge is -2.20. The summed E-state index contributed by atoms with van der Waals surface area (Å²) >= 11 is 3.15. The van der Waals surface area contributed by atoms with Crippen molar-refractivity contribution >= 4 is 15.9 Å². The molecule has 1 aromatic carbocycles. The summed E-state index contributed by atoms with van der Waals surface area (Å²) in [7, 11) is 0. The van der Waals surface area contributed by atoms with Crippen LogP contribution in [0.15, 0.2) is 22.7 Å². The van der Waals surface area contributed by atoms with E-state index in [9.17, 15) is 4.39 Å². The van der Waals surface area contributed by atoms with Crippen molar-refractivity contribution in [2.75, 3.05) is 0 Å². The minimum atomic E-state index is -0.197. The first-order chi connectivity index (χ1) is 7.54. The van der Waals surface area contributed by atoms with Gasteiger partial charge in [-0.2, -0.15) is 0 Å². The molecule has 1 aromatic rings. The molecule has 0 aliphatic heterocycles.